The van der Waals surface area contributed by atoms with Gasteiger partial charge in [-0.3, -0.25) is 4.79 Å². The first-order valence-corrected chi connectivity index (χ1v) is 12.3. The minimum absolute atomic E-state index is 0.0356. The number of aliphatic carboxylic acids is 1. The minimum atomic E-state index is -1.19. The SMILES string of the molecule is CN(C(=O)CSCC(NC(=O)OCC1c2ccccc2-c2ccccc21)C(=O)O)c1ccccc1. The van der Waals surface area contributed by atoms with Crippen LogP contribution in [0.25, 0.3) is 11.1 Å². The topological polar surface area (TPSA) is 95.9 Å². The number of thioether (sulfide) groups is 1. The van der Waals surface area contributed by atoms with Gasteiger partial charge in [0.2, 0.25) is 5.91 Å². The normalized spacial score (nSPS) is 12.8. The van der Waals surface area contributed by atoms with Crippen LogP contribution >= 0.6 is 11.8 Å². The maximum atomic E-state index is 12.4. The lowest BCUT2D eigenvalue weighted by atomic mass is 9.98. The van der Waals surface area contributed by atoms with Crippen molar-refractivity contribution < 1.29 is 24.2 Å². The lowest BCUT2D eigenvalue weighted by Gasteiger charge is -2.19. The van der Waals surface area contributed by atoms with Crippen molar-refractivity contribution in [2.45, 2.75) is 12.0 Å². The molecule has 0 aromatic heterocycles. The summed E-state index contributed by atoms with van der Waals surface area (Å²) in [4.78, 5) is 38.1. The monoisotopic (exact) mass is 490 g/mol. The van der Waals surface area contributed by atoms with Crippen LogP contribution < -0.4 is 10.2 Å². The number of carboxylic acid groups (broad SMARTS) is 1. The Labute approximate surface area is 208 Å². The first-order chi connectivity index (χ1) is 17.0. The lowest BCUT2D eigenvalue weighted by Crippen LogP contribution is -2.43. The summed E-state index contributed by atoms with van der Waals surface area (Å²) >= 11 is 1.15. The number of benzene rings is 3. The molecule has 35 heavy (non-hydrogen) atoms. The largest absolute Gasteiger partial charge is 0.480 e. The standard InChI is InChI=1S/C27H26N2O5S/c1-29(18-9-3-2-4-10-18)25(30)17-35-16-24(26(31)32)28-27(33)34-15-23-21-13-7-5-11-19(21)20-12-6-8-14-22(20)23/h2-14,23-24H,15-17H2,1H3,(H,28,33)(H,31,32). The van der Waals surface area contributed by atoms with Crippen LogP contribution in [0.4, 0.5) is 10.5 Å². The van der Waals surface area contributed by atoms with Crippen LogP contribution in [0.3, 0.4) is 0 Å². The molecule has 7 nitrogen and oxygen atoms in total. The second kappa shape index (κ2) is 11.1. The van der Waals surface area contributed by atoms with Gasteiger partial charge in [0.1, 0.15) is 12.6 Å². The van der Waals surface area contributed by atoms with E-state index in [2.05, 4.69) is 5.32 Å². The van der Waals surface area contributed by atoms with Gasteiger partial charge in [0, 0.05) is 24.4 Å². The molecular formula is C27H26N2O5S. The van der Waals surface area contributed by atoms with Gasteiger partial charge in [0.25, 0.3) is 0 Å². The zero-order valence-electron chi connectivity index (χ0n) is 19.2. The van der Waals surface area contributed by atoms with Crippen LogP contribution in [-0.4, -0.2) is 54.3 Å². The number of alkyl carbamates (subject to hydrolysis) is 1. The van der Waals surface area contributed by atoms with E-state index >= 15 is 0 Å². The number of hydrogen-bond donors (Lipinski definition) is 2. The third-order valence-electron chi connectivity index (χ3n) is 5.96. The molecule has 3 aromatic carbocycles. The molecule has 1 atom stereocenters. The summed E-state index contributed by atoms with van der Waals surface area (Å²) in [5.41, 5.74) is 5.13. The average Bonchev–Trinajstić information content (AvgIpc) is 3.20. The zero-order chi connectivity index (χ0) is 24.8. The van der Waals surface area contributed by atoms with Crippen molar-refractivity contribution >= 4 is 35.4 Å². The third kappa shape index (κ3) is 5.66. The van der Waals surface area contributed by atoms with E-state index in [1.807, 2.05) is 78.9 Å². The molecule has 0 aliphatic heterocycles. The Morgan fingerprint density at radius 1 is 0.943 bits per heavy atom. The molecule has 3 aromatic rings. The van der Waals surface area contributed by atoms with Crippen molar-refractivity contribution in [2.24, 2.45) is 0 Å². The minimum Gasteiger partial charge on any atom is -0.480 e. The van der Waals surface area contributed by atoms with Crippen LogP contribution in [0.15, 0.2) is 78.9 Å². The van der Waals surface area contributed by atoms with Crippen molar-refractivity contribution in [3.8, 4) is 11.1 Å². The Hall–Kier alpha value is -3.78. The van der Waals surface area contributed by atoms with Crippen molar-refractivity contribution in [1.29, 1.82) is 0 Å². The van der Waals surface area contributed by atoms with E-state index in [0.717, 1.165) is 39.7 Å². The first-order valence-electron chi connectivity index (χ1n) is 11.2. The number of hydrogen-bond acceptors (Lipinski definition) is 5. The summed E-state index contributed by atoms with van der Waals surface area (Å²) in [6.45, 7) is 0.0969. The number of para-hydroxylation sites is 1. The fourth-order valence-electron chi connectivity index (χ4n) is 4.11. The maximum Gasteiger partial charge on any atom is 0.407 e. The second-order valence-corrected chi connectivity index (χ2v) is 9.19. The number of carboxylic acids is 1. The highest BCUT2D eigenvalue weighted by atomic mass is 32.2. The number of ether oxygens (including phenoxy) is 1. The molecule has 0 saturated heterocycles. The number of nitrogens with zero attached hydrogens (tertiary/aromatic N) is 1. The lowest BCUT2D eigenvalue weighted by molar-refractivity contribution is -0.138. The van der Waals surface area contributed by atoms with E-state index in [1.165, 1.54) is 4.90 Å². The fourth-order valence-corrected chi connectivity index (χ4v) is 5.06. The molecule has 0 spiro atoms. The molecule has 2 amide bonds. The number of nitrogens with one attached hydrogen (secondary N) is 1. The van der Waals surface area contributed by atoms with Gasteiger partial charge in [0.05, 0.1) is 5.75 Å². The number of rotatable bonds is 9. The molecule has 1 aliphatic carbocycles. The van der Waals surface area contributed by atoms with Crippen LogP contribution in [0, 0.1) is 0 Å². The smallest absolute Gasteiger partial charge is 0.407 e. The Morgan fingerprint density at radius 2 is 1.51 bits per heavy atom. The van der Waals surface area contributed by atoms with E-state index in [1.54, 1.807) is 7.05 Å². The fraction of sp³-hybridized carbons (Fsp3) is 0.222. The highest BCUT2D eigenvalue weighted by molar-refractivity contribution is 8.00. The van der Waals surface area contributed by atoms with E-state index in [-0.39, 0.29) is 29.9 Å². The van der Waals surface area contributed by atoms with Crippen molar-refractivity contribution in [2.75, 3.05) is 30.1 Å². The average molecular weight is 491 g/mol. The summed E-state index contributed by atoms with van der Waals surface area (Å²) in [7, 11) is 1.67. The predicted octanol–water partition coefficient (Wildman–Crippen LogP) is 4.37. The van der Waals surface area contributed by atoms with Gasteiger partial charge in [-0.15, -0.1) is 11.8 Å². The molecule has 0 saturated carbocycles. The summed E-state index contributed by atoms with van der Waals surface area (Å²) in [6.07, 6.45) is -0.799. The molecule has 2 N–H and O–H groups in total. The molecule has 0 radical (unpaired) electrons. The van der Waals surface area contributed by atoms with Crippen molar-refractivity contribution in [3.05, 3.63) is 90.0 Å². The van der Waals surface area contributed by atoms with Crippen molar-refractivity contribution in [1.82, 2.24) is 5.32 Å². The summed E-state index contributed by atoms with van der Waals surface area (Å²) in [6, 6.07) is 24.0. The van der Waals surface area contributed by atoms with Crippen molar-refractivity contribution in [3.63, 3.8) is 0 Å². The maximum absolute atomic E-state index is 12.4. The van der Waals surface area contributed by atoms with Gasteiger partial charge < -0.3 is 20.1 Å². The van der Waals surface area contributed by atoms with Gasteiger partial charge in [0.15, 0.2) is 0 Å². The van der Waals surface area contributed by atoms with Gasteiger partial charge >= 0.3 is 12.1 Å². The predicted molar refractivity (Wildman–Crippen MR) is 137 cm³/mol. The third-order valence-corrected chi connectivity index (χ3v) is 6.98. The molecule has 0 heterocycles. The molecule has 4 rings (SSSR count). The number of carbonyl (C=O) groups excluding carboxylic acids is 2. The Bertz CT molecular complexity index is 1170. The Kier molecular flexibility index (Phi) is 7.72. The van der Waals surface area contributed by atoms with Gasteiger partial charge in [-0.05, 0) is 34.4 Å². The Morgan fingerprint density at radius 3 is 2.11 bits per heavy atom. The van der Waals surface area contributed by atoms with Gasteiger partial charge in [-0.2, -0.15) is 0 Å². The van der Waals surface area contributed by atoms with Gasteiger partial charge in [-0.1, -0.05) is 66.7 Å². The highest BCUT2D eigenvalue weighted by Gasteiger charge is 2.29. The first kappa shape index (κ1) is 24.3. The summed E-state index contributed by atoms with van der Waals surface area (Å²) in [5.74, 6) is -1.34. The molecular weight excluding hydrogens is 464 g/mol. The van der Waals surface area contributed by atoms with E-state index in [0.29, 0.717) is 0 Å². The molecule has 8 heteroatoms. The second-order valence-electron chi connectivity index (χ2n) is 8.16. The summed E-state index contributed by atoms with van der Waals surface area (Å²) in [5, 5.41) is 12.0. The quantitative estimate of drug-likeness (QED) is 0.462. The van der Waals surface area contributed by atoms with E-state index < -0.39 is 18.1 Å². The van der Waals surface area contributed by atoms with Crippen LogP contribution in [0.2, 0.25) is 0 Å². The molecule has 1 unspecified atom stereocenters. The van der Waals surface area contributed by atoms with E-state index in [9.17, 15) is 19.5 Å². The number of amides is 2. The van der Waals surface area contributed by atoms with Crippen LogP contribution in [-0.2, 0) is 14.3 Å². The van der Waals surface area contributed by atoms with Gasteiger partial charge in [-0.25, -0.2) is 9.59 Å². The number of anilines is 1. The zero-order valence-corrected chi connectivity index (χ0v) is 20.0. The molecule has 0 fully saturated rings. The molecule has 1 aliphatic rings. The highest BCUT2D eigenvalue weighted by Crippen LogP contribution is 2.44. The van der Waals surface area contributed by atoms with Crippen LogP contribution in [0.1, 0.15) is 17.0 Å². The number of fused-ring (bicyclic) bond motifs is 3. The summed E-state index contributed by atoms with van der Waals surface area (Å²) < 4.78 is 5.45. The molecule has 0 bridgehead atoms. The molecule has 180 valence electrons. The van der Waals surface area contributed by atoms with Crippen LogP contribution in [0.5, 0.6) is 0 Å². The number of carbonyl (C=O) groups is 3. The Balaban J connectivity index is 1.29. The van der Waals surface area contributed by atoms with E-state index in [4.69, 9.17) is 4.74 Å².